The van der Waals surface area contributed by atoms with Gasteiger partial charge in [-0.05, 0) is 36.9 Å². The Labute approximate surface area is 125 Å². The smallest absolute Gasteiger partial charge is 0.213 e. The fraction of sp³-hybridized carbons (Fsp3) is 0.500. The van der Waals surface area contributed by atoms with Crippen molar-refractivity contribution in [2.75, 3.05) is 20.2 Å². The molecule has 2 aromatic heterocycles. The average molecular weight is 286 g/mol. The Morgan fingerprint density at radius 2 is 2.29 bits per heavy atom. The minimum atomic E-state index is 0.693. The highest BCUT2D eigenvalue weighted by Crippen LogP contribution is 2.22. The lowest BCUT2D eigenvalue weighted by Gasteiger charge is -2.15. The van der Waals surface area contributed by atoms with E-state index in [1.807, 2.05) is 30.1 Å². The maximum Gasteiger partial charge on any atom is 0.213 e. The van der Waals surface area contributed by atoms with Crippen molar-refractivity contribution in [3.8, 4) is 5.88 Å². The Morgan fingerprint density at radius 1 is 1.38 bits per heavy atom. The molecule has 112 valence electrons. The molecule has 5 heteroatoms. The van der Waals surface area contributed by atoms with Crippen molar-refractivity contribution in [1.82, 2.24) is 19.7 Å². The predicted molar refractivity (Wildman–Crippen MR) is 81.1 cm³/mol. The van der Waals surface area contributed by atoms with E-state index in [2.05, 4.69) is 27.2 Å². The van der Waals surface area contributed by atoms with Crippen molar-refractivity contribution < 1.29 is 4.74 Å². The van der Waals surface area contributed by atoms with Gasteiger partial charge in [0.25, 0.3) is 0 Å². The van der Waals surface area contributed by atoms with Gasteiger partial charge in [-0.3, -0.25) is 9.58 Å². The van der Waals surface area contributed by atoms with E-state index in [-0.39, 0.29) is 0 Å². The number of aryl methyl sites for hydroxylation is 1. The third-order valence-corrected chi connectivity index (χ3v) is 4.03. The highest BCUT2D eigenvalue weighted by atomic mass is 16.5. The Balaban J connectivity index is 1.54. The minimum absolute atomic E-state index is 0.693. The monoisotopic (exact) mass is 286 g/mol. The molecule has 0 N–H and O–H groups in total. The summed E-state index contributed by atoms with van der Waals surface area (Å²) in [6.45, 7) is 3.18. The van der Waals surface area contributed by atoms with Gasteiger partial charge in [0.05, 0.1) is 19.0 Å². The molecule has 1 saturated heterocycles. The van der Waals surface area contributed by atoms with E-state index < -0.39 is 0 Å². The zero-order valence-corrected chi connectivity index (χ0v) is 12.7. The van der Waals surface area contributed by atoms with Gasteiger partial charge >= 0.3 is 0 Å². The van der Waals surface area contributed by atoms with Crippen LogP contribution in [0.15, 0.2) is 30.6 Å². The largest absolute Gasteiger partial charge is 0.481 e. The molecule has 0 saturated carbocycles. The van der Waals surface area contributed by atoms with E-state index in [4.69, 9.17) is 4.74 Å². The molecule has 0 spiro atoms. The molecule has 1 atom stereocenters. The van der Waals surface area contributed by atoms with E-state index in [0.717, 1.165) is 37.7 Å². The molecule has 21 heavy (non-hydrogen) atoms. The van der Waals surface area contributed by atoms with Gasteiger partial charge in [-0.15, -0.1) is 0 Å². The molecule has 0 bridgehead atoms. The first-order chi connectivity index (χ1) is 10.2. The number of ether oxygens (including phenoxy) is 1. The second kappa shape index (κ2) is 6.26. The van der Waals surface area contributed by atoms with Gasteiger partial charge in [0.1, 0.15) is 0 Å². The van der Waals surface area contributed by atoms with Crippen LogP contribution in [0, 0.1) is 5.92 Å². The zero-order valence-electron chi connectivity index (χ0n) is 12.7. The SMILES string of the molecule is COc1cccc(CN2CCC(Cc3cnn(C)c3)C2)n1. The quantitative estimate of drug-likeness (QED) is 0.842. The summed E-state index contributed by atoms with van der Waals surface area (Å²) in [4.78, 5) is 6.96. The first-order valence-electron chi connectivity index (χ1n) is 7.43. The Bertz CT molecular complexity index is 595. The molecule has 1 unspecified atom stereocenters. The first-order valence-corrected chi connectivity index (χ1v) is 7.43. The van der Waals surface area contributed by atoms with Crippen LogP contribution in [-0.2, 0) is 20.0 Å². The topological polar surface area (TPSA) is 43.2 Å². The summed E-state index contributed by atoms with van der Waals surface area (Å²) in [5.41, 5.74) is 2.42. The molecule has 2 aromatic rings. The molecule has 0 radical (unpaired) electrons. The molecular formula is C16H22N4O. The van der Waals surface area contributed by atoms with Crippen LogP contribution in [0.5, 0.6) is 5.88 Å². The standard InChI is InChI=1S/C16H22N4O/c1-19-10-14(9-17-19)8-13-6-7-20(11-13)12-15-4-3-5-16(18-15)21-2/h3-5,9-10,13H,6-8,11-12H2,1-2H3. The molecule has 0 aliphatic carbocycles. The number of likely N-dealkylation sites (tertiary alicyclic amines) is 1. The molecule has 1 aliphatic rings. The van der Waals surface area contributed by atoms with Crippen molar-refractivity contribution in [2.24, 2.45) is 13.0 Å². The second-order valence-electron chi connectivity index (χ2n) is 5.79. The maximum absolute atomic E-state index is 5.18. The van der Waals surface area contributed by atoms with E-state index >= 15 is 0 Å². The molecule has 3 heterocycles. The van der Waals surface area contributed by atoms with Gasteiger partial charge < -0.3 is 4.74 Å². The van der Waals surface area contributed by atoms with Crippen molar-refractivity contribution in [1.29, 1.82) is 0 Å². The molecule has 5 nitrogen and oxygen atoms in total. The molecular weight excluding hydrogens is 264 g/mol. The van der Waals surface area contributed by atoms with Crippen molar-refractivity contribution >= 4 is 0 Å². The van der Waals surface area contributed by atoms with Crippen LogP contribution in [0.25, 0.3) is 0 Å². The van der Waals surface area contributed by atoms with E-state index in [1.54, 1.807) is 7.11 Å². The lowest BCUT2D eigenvalue weighted by molar-refractivity contribution is 0.309. The number of aromatic nitrogens is 3. The van der Waals surface area contributed by atoms with Crippen LogP contribution >= 0.6 is 0 Å². The van der Waals surface area contributed by atoms with Gasteiger partial charge in [-0.2, -0.15) is 5.10 Å². The predicted octanol–water partition coefficient (Wildman–Crippen LogP) is 1.89. The summed E-state index contributed by atoms with van der Waals surface area (Å²) in [5, 5.41) is 4.24. The third-order valence-electron chi connectivity index (χ3n) is 4.03. The van der Waals surface area contributed by atoms with Gasteiger partial charge in [-0.25, -0.2) is 4.98 Å². The number of methoxy groups -OCH3 is 1. The zero-order chi connectivity index (χ0) is 14.7. The highest BCUT2D eigenvalue weighted by Gasteiger charge is 2.23. The van der Waals surface area contributed by atoms with E-state index in [1.165, 1.54) is 12.0 Å². The molecule has 3 rings (SSSR count). The third kappa shape index (κ3) is 3.61. The fourth-order valence-corrected chi connectivity index (χ4v) is 3.02. The summed E-state index contributed by atoms with van der Waals surface area (Å²) in [6, 6.07) is 5.96. The van der Waals surface area contributed by atoms with Crippen molar-refractivity contribution in [2.45, 2.75) is 19.4 Å². The van der Waals surface area contributed by atoms with Gasteiger partial charge in [-0.1, -0.05) is 6.07 Å². The summed E-state index contributed by atoms with van der Waals surface area (Å²) in [7, 11) is 3.63. The molecule has 1 fully saturated rings. The number of hydrogen-bond donors (Lipinski definition) is 0. The minimum Gasteiger partial charge on any atom is -0.481 e. The Kier molecular flexibility index (Phi) is 4.20. The van der Waals surface area contributed by atoms with E-state index in [9.17, 15) is 0 Å². The Morgan fingerprint density at radius 3 is 3.05 bits per heavy atom. The van der Waals surface area contributed by atoms with Crippen molar-refractivity contribution in [3.63, 3.8) is 0 Å². The number of rotatable bonds is 5. The molecule has 0 amide bonds. The van der Waals surface area contributed by atoms with Gasteiger partial charge in [0.15, 0.2) is 0 Å². The summed E-state index contributed by atoms with van der Waals surface area (Å²) in [5.74, 6) is 1.42. The molecule has 1 aliphatic heterocycles. The fourth-order valence-electron chi connectivity index (χ4n) is 3.02. The number of nitrogens with zero attached hydrogens (tertiary/aromatic N) is 4. The maximum atomic E-state index is 5.18. The average Bonchev–Trinajstić information content (AvgIpc) is 3.09. The number of hydrogen-bond acceptors (Lipinski definition) is 4. The molecule has 0 aromatic carbocycles. The lowest BCUT2D eigenvalue weighted by Crippen LogP contribution is -2.21. The van der Waals surface area contributed by atoms with Crippen LogP contribution in [0.2, 0.25) is 0 Å². The Hall–Kier alpha value is -1.88. The van der Waals surface area contributed by atoms with Gasteiger partial charge in [0.2, 0.25) is 5.88 Å². The summed E-state index contributed by atoms with van der Waals surface area (Å²) >= 11 is 0. The summed E-state index contributed by atoms with van der Waals surface area (Å²) < 4.78 is 7.06. The number of pyridine rings is 1. The first kappa shape index (κ1) is 14.1. The van der Waals surface area contributed by atoms with Crippen LogP contribution in [0.4, 0.5) is 0 Å². The van der Waals surface area contributed by atoms with E-state index in [0.29, 0.717) is 5.88 Å². The normalized spacial score (nSPS) is 19.0. The highest BCUT2D eigenvalue weighted by molar-refractivity contribution is 5.15. The second-order valence-corrected chi connectivity index (χ2v) is 5.79. The summed E-state index contributed by atoms with van der Waals surface area (Å²) in [6.07, 6.45) is 6.47. The van der Waals surface area contributed by atoms with Crippen LogP contribution in [0.1, 0.15) is 17.7 Å². The van der Waals surface area contributed by atoms with Crippen LogP contribution < -0.4 is 4.74 Å². The lowest BCUT2D eigenvalue weighted by atomic mass is 10.0. The van der Waals surface area contributed by atoms with Crippen molar-refractivity contribution in [3.05, 3.63) is 41.9 Å². The van der Waals surface area contributed by atoms with Crippen LogP contribution in [-0.4, -0.2) is 39.9 Å². The van der Waals surface area contributed by atoms with Crippen LogP contribution in [0.3, 0.4) is 0 Å². The van der Waals surface area contributed by atoms with Gasteiger partial charge in [0, 0.05) is 32.4 Å².